The summed E-state index contributed by atoms with van der Waals surface area (Å²) < 4.78 is 35.6. The Morgan fingerprint density at radius 1 is 1.07 bits per heavy atom. The minimum Gasteiger partial charge on any atom is -0.467 e. The van der Waals surface area contributed by atoms with Gasteiger partial charge < -0.3 is 9.47 Å². The van der Waals surface area contributed by atoms with Crippen molar-refractivity contribution in [3.63, 3.8) is 0 Å². The van der Waals surface area contributed by atoms with E-state index in [-0.39, 0.29) is 11.6 Å². The van der Waals surface area contributed by atoms with Crippen LogP contribution in [0.25, 0.3) is 11.1 Å². The van der Waals surface area contributed by atoms with Crippen LogP contribution >= 0.6 is 11.6 Å². The molecule has 3 aromatic rings. The van der Waals surface area contributed by atoms with Gasteiger partial charge in [-0.3, -0.25) is 4.79 Å². The third kappa shape index (κ3) is 5.43. The molecule has 1 amide bonds. The van der Waals surface area contributed by atoms with Crippen molar-refractivity contribution in [2.24, 2.45) is 0 Å². The molecular formula is C19H16ClN3O5S. The molecule has 0 fully saturated rings. The maximum absolute atomic E-state index is 12.3. The fraction of sp³-hybridized carbons (Fsp3) is 0.105. The fourth-order valence-corrected chi connectivity index (χ4v) is 2.98. The van der Waals surface area contributed by atoms with Crippen LogP contribution in [0.3, 0.4) is 0 Å². The highest BCUT2D eigenvalue weighted by molar-refractivity contribution is 7.89. The molecule has 29 heavy (non-hydrogen) atoms. The first-order valence-corrected chi connectivity index (χ1v) is 10.5. The first-order valence-electron chi connectivity index (χ1n) is 8.21. The average Bonchev–Trinajstić information content (AvgIpc) is 2.69. The van der Waals surface area contributed by atoms with Crippen LogP contribution in [0.1, 0.15) is 10.4 Å². The van der Waals surface area contributed by atoms with Gasteiger partial charge >= 0.3 is 6.01 Å². The number of rotatable bonds is 6. The van der Waals surface area contributed by atoms with E-state index in [0.29, 0.717) is 27.6 Å². The molecule has 150 valence electrons. The lowest BCUT2D eigenvalue weighted by Crippen LogP contribution is -2.29. The number of benzene rings is 2. The Labute approximate surface area is 172 Å². The number of sulfonamides is 1. The highest BCUT2D eigenvalue weighted by Gasteiger charge is 2.16. The highest BCUT2D eigenvalue weighted by atomic mass is 35.5. The Morgan fingerprint density at radius 2 is 1.72 bits per heavy atom. The normalized spacial score (nSPS) is 11.0. The zero-order chi connectivity index (χ0) is 21.0. The molecule has 0 aliphatic carbocycles. The van der Waals surface area contributed by atoms with Gasteiger partial charge in [0.2, 0.25) is 10.0 Å². The van der Waals surface area contributed by atoms with Crippen molar-refractivity contribution < 1.29 is 22.7 Å². The standard InChI is InChI=1S/C19H16ClN3O5S/c1-27-19-21-10-13(11-22-19)16-9-12(18(24)23-29(2,25)26)3-8-17(16)28-15-6-4-14(20)5-7-15/h3-11H,1-2H3,(H,23,24). The maximum Gasteiger partial charge on any atom is 0.316 e. The molecule has 0 aliphatic rings. The SMILES string of the molecule is COc1ncc(-c2cc(C(=O)NS(C)(=O)=O)ccc2Oc2ccc(Cl)cc2)cn1. The molecule has 10 heteroatoms. The predicted molar refractivity (Wildman–Crippen MR) is 108 cm³/mol. The highest BCUT2D eigenvalue weighted by Crippen LogP contribution is 2.34. The van der Waals surface area contributed by atoms with E-state index in [1.165, 1.54) is 31.6 Å². The summed E-state index contributed by atoms with van der Waals surface area (Å²) in [6.07, 6.45) is 3.92. The predicted octanol–water partition coefficient (Wildman–Crippen LogP) is 3.29. The Morgan fingerprint density at radius 3 is 2.31 bits per heavy atom. The number of nitrogens with one attached hydrogen (secondary N) is 1. The van der Waals surface area contributed by atoms with Crippen LogP contribution in [0.4, 0.5) is 0 Å². The molecule has 1 aromatic heterocycles. The summed E-state index contributed by atoms with van der Waals surface area (Å²) in [5, 5.41) is 0.564. The van der Waals surface area contributed by atoms with Crippen LogP contribution in [-0.2, 0) is 10.0 Å². The lowest BCUT2D eigenvalue weighted by atomic mass is 10.0. The number of aromatic nitrogens is 2. The van der Waals surface area contributed by atoms with Gasteiger partial charge in [-0.15, -0.1) is 0 Å². The van der Waals surface area contributed by atoms with E-state index >= 15 is 0 Å². The van der Waals surface area contributed by atoms with Gasteiger partial charge in [0.15, 0.2) is 0 Å². The summed E-state index contributed by atoms with van der Waals surface area (Å²) in [6.45, 7) is 0. The molecule has 0 aliphatic heterocycles. The van der Waals surface area contributed by atoms with E-state index in [2.05, 4.69) is 9.97 Å². The second kappa shape index (κ2) is 8.46. The van der Waals surface area contributed by atoms with E-state index < -0.39 is 15.9 Å². The van der Waals surface area contributed by atoms with Crippen LogP contribution in [0, 0.1) is 0 Å². The van der Waals surface area contributed by atoms with E-state index in [9.17, 15) is 13.2 Å². The van der Waals surface area contributed by atoms with Crippen molar-refractivity contribution in [1.82, 2.24) is 14.7 Å². The summed E-state index contributed by atoms with van der Waals surface area (Å²) in [7, 11) is -2.26. The third-order valence-corrected chi connectivity index (χ3v) is 4.49. The molecule has 3 rings (SSSR count). The van der Waals surface area contributed by atoms with Crippen LogP contribution in [0.15, 0.2) is 54.9 Å². The summed E-state index contributed by atoms with van der Waals surface area (Å²) >= 11 is 5.90. The van der Waals surface area contributed by atoms with Gasteiger partial charge in [-0.2, -0.15) is 0 Å². The van der Waals surface area contributed by atoms with Gasteiger partial charge in [-0.25, -0.2) is 23.1 Å². The van der Waals surface area contributed by atoms with Gasteiger partial charge in [-0.1, -0.05) is 11.6 Å². The number of carbonyl (C=O) groups is 1. The molecule has 2 aromatic carbocycles. The Balaban J connectivity index is 2.04. The van der Waals surface area contributed by atoms with Gasteiger partial charge in [0.05, 0.1) is 13.4 Å². The van der Waals surface area contributed by atoms with Gasteiger partial charge in [0, 0.05) is 34.1 Å². The van der Waals surface area contributed by atoms with E-state index in [1.54, 1.807) is 30.3 Å². The molecule has 0 bridgehead atoms. The minimum absolute atomic E-state index is 0.129. The number of carbonyl (C=O) groups excluding carboxylic acids is 1. The monoisotopic (exact) mass is 433 g/mol. The molecule has 1 N–H and O–H groups in total. The Bertz CT molecular complexity index is 1130. The third-order valence-electron chi connectivity index (χ3n) is 3.68. The molecule has 0 spiro atoms. The first kappa shape index (κ1) is 20.6. The summed E-state index contributed by atoms with van der Waals surface area (Å²) in [4.78, 5) is 20.4. The van der Waals surface area contributed by atoms with E-state index in [0.717, 1.165) is 6.26 Å². The van der Waals surface area contributed by atoms with Crippen LogP contribution in [0.5, 0.6) is 17.5 Å². The second-order valence-corrected chi connectivity index (χ2v) is 8.11. The van der Waals surface area contributed by atoms with E-state index in [1.807, 2.05) is 4.72 Å². The minimum atomic E-state index is -3.71. The molecule has 0 radical (unpaired) electrons. The number of hydrogen-bond donors (Lipinski definition) is 1. The zero-order valence-electron chi connectivity index (χ0n) is 15.4. The number of halogens is 1. The molecule has 0 unspecified atom stereocenters. The molecule has 8 nitrogen and oxygen atoms in total. The molecule has 1 heterocycles. The van der Waals surface area contributed by atoms with Gasteiger partial charge in [-0.05, 0) is 42.5 Å². The summed E-state index contributed by atoms with van der Waals surface area (Å²) in [5.41, 5.74) is 1.16. The topological polar surface area (TPSA) is 107 Å². The molecule has 0 atom stereocenters. The zero-order valence-corrected chi connectivity index (χ0v) is 17.0. The quantitative estimate of drug-likeness (QED) is 0.635. The van der Waals surface area contributed by atoms with Crippen molar-refractivity contribution in [1.29, 1.82) is 0 Å². The Kier molecular flexibility index (Phi) is 6.00. The average molecular weight is 434 g/mol. The number of nitrogens with zero attached hydrogens (tertiary/aromatic N) is 2. The number of hydrogen-bond acceptors (Lipinski definition) is 7. The van der Waals surface area contributed by atoms with Crippen molar-refractivity contribution in [3.05, 3.63) is 65.4 Å². The second-order valence-electron chi connectivity index (χ2n) is 5.93. The van der Waals surface area contributed by atoms with Gasteiger partial charge in [0.1, 0.15) is 11.5 Å². The van der Waals surface area contributed by atoms with Gasteiger partial charge in [0.25, 0.3) is 5.91 Å². The van der Waals surface area contributed by atoms with Crippen molar-refractivity contribution >= 4 is 27.5 Å². The Hall–Kier alpha value is -3.17. The number of amides is 1. The lowest BCUT2D eigenvalue weighted by molar-refractivity contribution is 0.0981. The maximum atomic E-state index is 12.3. The lowest BCUT2D eigenvalue weighted by Gasteiger charge is -2.13. The van der Waals surface area contributed by atoms with Crippen molar-refractivity contribution in [3.8, 4) is 28.6 Å². The summed E-state index contributed by atoms with van der Waals surface area (Å²) in [5.74, 6) is 0.177. The van der Waals surface area contributed by atoms with Crippen LogP contribution in [-0.4, -0.2) is 37.7 Å². The van der Waals surface area contributed by atoms with Crippen LogP contribution in [0.2, 0.25) is 5.02 Å². The smallest absolute Gasteiger partial charge is 0.316 e. The first-order chi connectivity index (χ1) is 13.7. The molecule has 0 saturated carbocycles. The van der Waals surface area contributed by atoms with Crippen LogP contribution < -0.4 is 14.2 Å². The van der Waals surface area contributed by atoms with E-state index in [4.69, 9.17) is 21.1 Å². The fourth-order valence-electron chi connectivity index (χ4n) is 2.40. The molecule has 0 saturated heterocycles. The number of methoxy groups -OCH3 is 1. The summed E-state index contributed by atoms with van der Waals surface area (Å²) in [6, 6.07) is 11.5. The molecular weight excluding hydrogens is 418 g/mol. The van der Waals surface area contributed by atoms with Crippen molar-refractivity contribution in [2.75, 3.05) is 13.4 Å². The largest absolute Gasteiger partial charge is 0.467 e. The number of ether oxygens (including phenoxy) is 2. The van der Waals surface area contributed by atoms with Crippen molar-refractivity contribution in [2.45, 2.75) is 0 Å².